The van der Waals surface area contributed by atoms with Crippen LogP contribution < -0.4 is 21.3 Å². The number of nitrogens with one attached hydrogen (secondary N) is 2. The van der Waals surface area contributed by atoms with Crippen molar-refractivity contribution < 1.29 is 28.6 Å². The number of ketones is 1. The van der Waals surface area contributed by atoms with Crippen molar-refractivity contribution >= 4 is 13.4 Å². The molecule has 0 spiro atoms. The molecule has 0 aliphatic heterocycles. The molecule has 1 unspecified atom stereocenters. The molecule has 1 heterocycles. The second kappa shape index (κ2) is 12.4. The Bertz CT molecular complexity index is 1660. The summed E-state index contributed by atoms with van der Waals surface area (Å²) in [5.41, 5.74) is -0.776. The largest absolute Gasteiger partial charge is 0.497 e. The van der Waals surface area contributed by atoms with Gasteiger partial charge in [0, 0.05) is 18.3 Å². The number of Topliss-reactive ketones (excluding diaryl/α,β-unsaturated/α-hetero) is 1. The van der Waals surface area contributed by atoms with Crippen molar-refractivity contribution in [2.45, 2.75) is 24.9 Å². The van der Waals surface area contributed by atoms with Gasteiger partial charge in [-0.05, 0) is 42.7 Å². The molecule has 1 aromatic heterocycles. The number of hydrogen-bond acceptors (Lipinski definition) is 7. The van der Waals surface area contributed by atoms with Crippen LogP contribution >= 0.6 is 7.60 Å². The van der Waals surface area contributed by atoms with Gasteiger partial charge in [-0.3, -0.25) is 29.0 Å². The lowest BCUT2D eigenvalue weighted by Crippen LogP contribution is -2.58. The summed E-state index contributed by atoms with van der Waals surface area (Å²) >= 11 is 0. The van der Waals surface area contributed by atoms with Crippen LogP contribution in [-0.2, 0) is 25.1 Å². The summed E-state index contributed by atoms with van der Waals surface area (Å²) in [6.45, 7) is 1.87. The minimum Gasteiger partial charge on any atom is -0.497 e. The van der Waals surface area contributed by atoms with Gasteiger partial charge in [0.05, 0.1) is 13.7 Å². The van der Waals surface area contributed by atoms with E-state index in [1.54, 1.807) is 19.2 Å². The highest BCUT2D eigenvalue weighted by Gasteiger charge is 2.54. The van der Waals surface area contributed by atoms with E-state index in [0.29, 0.717) is 10.3 Å². The Balaban J connectivity index is 1.79. The van der Waals surface area contributed by atoms with Crippen molar-refractivity contribution in [3.63, 3.8) is 0 Å². The molecule has 0 aliphatic carbocycles. The topological polar surface area (TPSA) is 160 Å². The molecular weight excluding hydrogens is 561 g/mol. The van der Waals surface area contributed by atoms with Crippen molar-refractivity contribution in [1.29, 1.82) is 0 Å². The number of rotatable bonds is 12. The number of carbonyl (C=O) groups excluding carboxylic acids is 1. The monoisotopic (exact) mass is 593 g/mol. The lowest BCUT2D eigenvalue weighted by Gasteiger charge is -2.37. The van der Waals surface area contributed by atoms with Gasteiger partial charge < -0.3 is 19.3 Å². The molecule has 11 nitrogen and oxygen atoms in total. The van der Waals surface area contributed by atoms with Gasteiger partial charge in [0.2, 0.25) is 0 Å². The fraction of sp³-hybridized carbons (Fsp3) is 0.233. The van der Waals surface area contributed by atoms with Gasteiger partial charge in [0.15, 0.2) is 5.78 Å². The van der Waals surface area contributed by atoms with E-state index >= 15 is 0 Å². The number of carbonyl (C=O) groups is 1. The van der Waals surface area contributed by atoms with Crippen LogP contribution in [-0.4, -0.2) is 45.4 Å². The first-order valence-electron chi connectivity index (χ1n) is 13.0. The standard InChI is InChI=1S/C30H32N3O8P/c1-21-20-33(28(36)32-27(21)35)30(22(2)34,42(37,38)39)31-18-19-41-29(23-10-6-4-7-11-23,24-12-8-5-9-13-24)25-14-16-26(40-3)17-15-25/h4-17,20,31H,18-19H2,1-3H3,(H,32,35,36)(H2,37,38,39). The van der Waals surface area contributed by atoms with Crippen LogP contribution in [0.4, 0.5) is 0 Å². The molecule has 0 amide bonds. The SMILES string of the molecule is COc1ccc(C(OCCNC(C(C)=O)(n2cc(C)c(=O)[nH]c2=O)P(=O)(O)O)(c2ccccc2)c2ccccc2)cc1. The zero-order chi connectivity index (χ0) is 30.5. The first-order valence-corrected chi connectivity index (χ1v) is 14.6. The van der Waals surface area contributed by atoms with Gasteiger partial charge in [-0.2, -0.15) is 0 Å². The zero-order valence-corrected chi connectivity index (χ0v) is 24.2. The average molecular weight is 594 g/mol. The number of ether oxygens (including phenoxy) is 2. The quantitative estimate of drug-likeness (QED) is 0.110. The van der Waals surface area contributed by atoms with E-state index in [9.17, 15) is 28.7 Å². The Morgan fingerprint density at radius 3 is 1.93 bits per heavy atom. The second-order valence-corrected chi connectivity index (χ2v) is 11.4. The average Bonchev–Trinajstić information content (AvgIpc) is 2.97. The van der Waals surface area contributed by atoms with Gasteiger partial charge in [0.25, 0.3) is 11.0 Å². The van der Waals surface area contributed by atoms with Gasteiger partial charge in [0.1, 0.15) is 11.4 Å². The lowest BCUT2D eigenvalue weighted by atomic mass is 9.80. The van der Waals surface area contributed by atoms with Crippen molar-refractivity contribution in [1.82, 2.24) is 14.9 Å². The van der Waals surface area contributed by atoms with Crippen LogP contribution in [0, 0.1) is 6.92 Å². The Hall–Kier alpha value is -4.12. The van der Waals surface area contributed by atoms with E-state index in [2.05, 4.69) is 5.32 Å². The Morgan fingerprint density at radius 1 is 0.929 bits per heavy atom. The number of hydrogen-bond donors (Lipinski definition) is 4. The summed E-state index contributed by atoms with van der Waals surface area (Å²) in [6, 6.07) is 26.2. The first-order chi connectivity index (χ1) is 20.0. The van der Waals surface area contributed by atoms with E-state index < -0.39 is 35.6 Å². The third-order valence-corrected chi connectivity index (χ3v) is 8.56. The smallest absolute Gasteiger partial charge is 0.374 e. The maximum Gasteiger partial charge on any atom is 0.374 e. The molecule has 4 aromatic rings. The highest BCUT2D eigenvalue weighted by molar-refractivity contribution is 7.53. The molecule has 0 radical (unpaired) electrons. The Morgan fingerprint density at radius 2 is 1.45 bits per heavy atom. The van der Waals surface area contributed by atoms with Crippen LogP contribution in [0.1, 0.15) is 29.2 Å². The Kier molecular flexibility index (Phi) is 9.10. The van der Waals surface area contributed by atoms with E-state index in [1.807, 2.05) is 77.8 Å². The third-order valence-electron chi connectivity index (χ3n) is 7.03. The molecule has 0 aliphatic rings. The molecule has 4 N–H and O–H groups in total. The predicted octanol–water partition coefficient (Wildman–Crippen LogP) is 2.83. The molecule has 4 rings (SSSR count). The van der Waals surface area contributed by atoms with Crippen molar-refractivity contribution in [2.24, 2.45) is 0 Å². The van der Waals surface area contributed by atoms with Gasteiger partial charge in [-0.25, -0.2) is 4.79 Å². The molecule has 0 saturated heterocycles. The maximum atomic E-state index is 12.9. The molecule has 1 atom stereocenters. The molecule has 0 fully saturated rings. The minimum atomic E-state index is -5.40. The maximum absolute atomic E-state index is 12.9. The lowest BCUT2D eigenvalue weighted by molar-refractivity contribution is -0.124. The highest BCUT2D eigenvalue weighted by atomic mass is 31.2. The minimum absolute atomic E-state index is 0.0154. The second-order valence-electron chi connectivity index (χ2n) is 9.63. The Labute approximate surface area is 241 Å². The summed E-state index contributed by atoms with van der Waals surface area (Å²) in [5.74, 6) is -0.387. The number of aryl methyl sites for hydroxylation is 1. The molecule has 220 valence electrons. The van der Waals surface area contributed by atoms with E-state index in [-0.39, 0.29) is 18.7 Å². The number of nitrogens with zero attached hydrogens (tertiary/aromatic N) is 1. The number of aromatic amines is 1. The van der Waals surface area contributed by atoms with Crippen LogP contribution in [0.2, 0.25) is 0 Å². The van der Waals surface area contributed by atoms with Crippen LogP contribution in [0.5, 0.6) is 5.75 Å². The van der Waals surface area contributed by atoms with Crippen molar-refractivity contribution in [2.75, 3.05) is 20.3 Å². The molecule has 12 heteroatoms. The summed E-state index contributed by atoms with van der Waals surface area (Å²) in [4.78, 5) is 60.4. The highest BCUT2D eigenvalue weighted by Crippen LogP contribution is 2.52. The predicted molar refractivity (Wildman–Crippen MR) is 156 cm³/mol. The fourth-order valence-electron chi connectivity index (χ4n) is 4.99. The number of aromatic nitrogens is 2. The number of benzene rings is 3. The van der Waals surface area contributed by atoms with Crippen molar-refractivity contribution in [3.05, 3.63) is 134 Å². The fourth-order valence-corrected chi connectivity index (χ4v) is 6.14. The van der Waals surface area contributed by atoms with Crippen LogP contribution in [0.15, 0.2) is 101 Å². The van der Waals surface area contributed by atoms with E-state index in [4.69, 9.17) is 9.47 Å². The molecule has 0 saturated carbocycles. The number of H-pyrrole nitrogens is 1. The summed E-state index contributed by atoms with van der Waals surface area (Å²) in [6.07, 6.45) is 0.950. The van der Waals surface area contributed by atoms with E-state index in [1.165, 1.54) is 6.92 Å². The third kappa shape index (κ3) is 5.65. The van der Waals surface area contributed by atoms with E-state index in [0.717, 1.165) is 29.8 Å². The molecule has 42 heavy (non-hydrogen) atoms. The first kappa shape index (κ1) is 30.8. The summed E-state index contributed by atoms with van der Waals surface area (Å²) in [7, 11) is -3.83. The summed E-state index contributed by atoms with van der Waals surface area (Å²) < 4.78 is 25.4. The van der Waals surface area contributed by atoms with Crippen LogP contribution in [0.3, 0.4) is 0 Å². The normalized spacial score (nSPS) is 13.4. The number of methoxy groups -OCH3 is 1. The zero-order valence-electron chi connectivity index (χ0n) is 23.3. The van der Waals surface area contributed by atoms with Crippen LogP contribution in [0.25, 0.3) is 0 Å². The van der Waals surface area contributed by atoms with Gasteiger partial charge in [-0.15, -0.1) is 0 Å². The van der Waals surface area contributed by atoms with Crippen molar-refractivity contribution in [3.8, 4) is 5.75 Å². The molecular formula is C30H32N3O8P. The molecule has 3 aromatic carbocycles. The van der Waals surface area contributed by atoms with Gasteiger partial charge in [-0.1, -0.05) is 72.8 Å². The molecule has 0 bridgehead atoms. The summed E-state index contributed by atoms with van der Waals surface area (Å²) in [5, 5.41) is -0.182. The van der Waals surface area contributed by atoms with Gasteiger partial charge >= 0.3 is 13.3 Å².